The van der Waals surface area contributed by atoms with Crippen molar-refractivity contribution >= 4 is 22.8 Å². The number of imidazole rings is 1. The lowest BCUT2D eigenvalue weighted by atomic mass is 10.2. The summed E-state index contributed by atoms with van der Waals surface area (Å²) >= 11 is 5.94. The summed E-state index contributed by atoms with van der Waals surface area (Å²) in [5.74, 6) is 1.63. The number of pyridine rings is 1. The van der Waals surface area contributed by atoms with Crippen LogP contribution < -0.4 is 0 Å². The molecule has 114 valence electrons. The van der Waals surface area contributed by atoms with Gasteiger partial charge in [0, 0.05) is 50.7 Å². The quantitative estimate of drug-likeness (QED) is 0.802. The topological polar surface area (TPSA) is 37.2 Å². The van der Waals surface area contributed by atoms with Gasteiger partial charge in [-0.05, 0) is 26.2 Å². The molecule has 0 amide bonds. The molecule has 1 aliphatic rings. The van der Waals surface area contributed by atoms with Crippen LogP contribution in [-0.4, -0.2) is 70.0 Å². The molecule has 1 aliphatic heterocycles. The third-order valence-corrected chi connectivity index (χ3v) is 4.46. The Labute approximate surface area is 130 Å². The molecule has 3 rings (SSSR count). The number of hydrogen-bond acceptors (Lipinski definition) is 4. The van der Waals surface area contributed by atoms with Gasteiger partial charge in [-0.15, -0.1) is 11.6 Å². The van der Waals surface area contributed by atoms with Crippen molar-refractivity contribution in [1.82, 2.24) is 24.3 Å². The first-order valence-electron chi connectivity index (χ1n) is 7.44. The molecule has 1 saturated heterocycles. The highest BCUT2D eigenvalue weighted by Crippen LogP contribution is 2.17. The molecule has 0 N–H and O–H groups in total. The van der Waals surface area contributed by atoms with Gasteiger partial charge in [-0.2, -0.15) is 0 Å². The summed E-state index contributed by atoms with van der Waals surface area (Å²) in [7, 11) is 4.38. The lowest BCUT2D eigenvalue weighted by molar-refractivity contribution is 0.103. The number of aromatic nitrogens is 3. The van der Waals surface area contributed by atoms with E-state index >= 15 is 0 Å². The average molecular weight is 308 g/mol. The second-order valence-corrected chi connectivity index (χ2v) is 6.20. The van der Waals surface area contributed by atoms with Gasteiger partial charge in [0.2, 0.25) is 0 Å². The van der Waals surface area contributed by atoms with Crippen LogP contribution in [0, 0.1) is 0 Å². The zero-order valence-corrected chi connectivity index (χ0v) is 13.4. The summed E-state index contributed by atoms with van der Waals surface area (Å²) in [5.41, 5.74) is 1.93. The van der Waals surface area contributed by atoms with Gasteiger partial charge in [0.25, 0.3) is 0 Å². The van der Waals surface area contributed by atoms with Crippen molar-refractivity contribution in [1.29, 1.82) is 0 Å². The molecule has 1 unspecified atom stereocenters. The molecule has 0 aliphatic carbocycles. The number of hydrogen-bond donors (Lipinski definition) is 0. The maximum atomic E-state index is 5.94. The number of nitrogens with zero attached hydrogens (tertiary/aromatic N) is 5. The van der Waals surface area contributed by atoms with E-state index in [2.05, 4.69) is 33.4 Å². The van der Waals surface area contributed by atoms with Gasteiger partial charge in [0.05, 0.1) is 0 Å². The smallest absolute Gasteiger partial charge is 0.160 e. The number of halogens is 1. The first kappa shape index (κ1) is 14.8. The van der Waals surface area contributed by atoms with Gasteiger partial charge in [-0.25, -0.2) is 9.97 Å². The Kier molecular flexibility index (Phi) is 4.42. The maximum absolute atomic E-state index is 5.94. The monoisotopic (exact) mass is 307 g/mol. The van der Waals surface area contributed by atoms with Gasteiger partial charge in [0.1, 0.15) is 11.3 Å². The number of fused-ring (bicyclic) bond motifs is 1. The van der Waals surface area contributed by atoms with Crippen LogP contribution in [0.2, 0.25) is 0 Å². The fourth-order valence-electron chi connectivity index (χ4n) is 2.98. The number of aryl methyl sites for hydroxylation is 1. The molecule has 0 bridgehead atoms. The van der Waals surface area contributed by atoms with Gasteiger partial charge >= 0.3 is 0 Å². The van der Waals surface area contributed by atoms with Crippen LogP contribution >= 0.6 is 11.6 Å². The van der Waals surface area contributed by atoms with E-state index in [4.69, 9.17) is 16.6 Å². The van der Waals surface area contributed by atoms with Crippen LogP contribution in [0.1, 0.15) is 5.82 Å². The van der Waals surface area contributed by atoms with Crippen LogP contribution in [-0.2, 0) is 13.0 Å². The Morgan fingerprint density at radius 3 is 3.00 bits per heavy atom. The third kappa shape index (κ3) is 3.05. The summed E-state index contributed by atoms with van der Waals surface area (Å²) < 4.78 is 2.25. The first-order valence-corrected chi connectivity index (χ1v) is 7.97. The molecule has 6 heteroatoms. The number of piperazine rings is 1. The van der Waals surface area contributed by atoms with Crippen molar-refractivity contribution in [3.63, 3.8) is 0 Å². The highest BCUT2D eigenvalue weighted by atomic mass is 35.5. The molecule has 1 atom stereocenters. The van der Waals surface area contributed by atoms with Gasteiger partial charge in [0.15, 0.2) is 5.65 Å². The third-order valence-electron chi connectivity index (χ3n) is 4.27. The fraction of sp³-hybridized carbons (Fsp3) is 0.600. The van der Waals surface area contributed by atoms with E-state index in [0.717, 1.165) is 49.6 Å². The minimum atomic E-state index is 0.484. The van der Waals surface area contributed by atoms with Gasteiger partial charge in [-0.3, -0.25) is 4.90 Å². The maximum Gasteiger partial charge on any atom is 0.160 e. The minimum absolute atomic E-state index is 0.484. The van der Waals surface area contributed by atoms with E-state index < -0.39 is 0 Å². The summed E-state index contributed by atoms with van der Waals surface area (Å²) in [5, 5.41) is 0. The Morgan fingerprint density at radius 1 is 1.33 bits per heavy atom. The van der Waals surface area contributed by atoms with Crippen molar-refractivity contribution < 1.29 is 0 Å². The number of rotatable bonds is 4. The predicted octanol–water partition coefficient (Wildman–Crippen LogP) is 1.46. The Hall–Kier alpha value is -1.17. The molecule has 21 heavy (non-hydrogen) atoms. The van der Waals surface area contributed by atoms with E-state index in [1.165, 1.54) is 0 Å². The van der Waals surface area contributed by atoms with Crippen molar-refractivity contribution in [2.75, 3.05) is 39.6 Å². The Morgan fingerprint density at radius 2 is 2.19 bits per heavy atom. The molecule has 2 aromatic heterocycles. The standard InChI is InChI=1S/C15H22ClN5/c1-19-8-9-20(2)12(10-19)11-21-14(5-6-16)18-13-4-3-7-17-15(13)21/h3-4,7,12H,5-6,8-11H2,1-2H3. The molecule has 0 radical (unpaired) electrons. The van der Waals surface area contributed by atoms with Crippen molar-refractivity contribution in [2.45, 2.75) is 19.0 Å². The van der Waals surface area contributed by atoms with Crippen molar-refractivity contribution in [3.05, 3.63) is 24.2 Å². The first-order chi connectivity index (χ1) is 10.2. The fourth-order valence-corrected chi connectivity index (χ4v) is 3.15. The molecule has 0 saturated carbocycles. The zero-order chi connectivity index (χ0) is 14.8. The number of likely N-dealkylation sites (N-methyl/N-ethyl adjacent to an activating group) is 2. The van der Waals surface area contributed by atoms with E-state index in [0.29, 0.717) is 11.9 Å². The van der Waals surface area contributed by atoms with E-state index in [1.807, 2.05) is 18.3 Å². The average Bonchev–Trinajstić information content (AvgIpc) is 2.81. The lowest BCUT2D eigenvalue weighted by Gasteiger charge is -2.38. The van der Waals surface area contributed by atoms with E-state index in [1.54, 1.807) is 0 Å². The van der Waals surface area contributed by atoms with E-state index in [-0.39, 0.29) is 0 Å². The Balaban J connectivity index is 1.92. The van der Waals surface area contributed by atoms with E-state index in [9.17, 15) is 0 Å². The normalized spacial score (nSPS) is 21.2. The molecule has 0 spiro atoms. The second-order valence-electron chi connectivity index (χ2n) is 5.82. The zero-order valence-electron chi connectivity index (χ0n) is 12.7. The Bertz CT molecular complexity index is 611. The summed E-state index contributed by atoms with van der Waals surface area (Å²) in [4.78, 5) is 14.0. The van der Waals surface area contributed by atoms with Crippen LogP contribution in [0.3, 0.4) is 0 Å². The molecule has 0 aromatic carbocycles. The molecule has 1 fully saturated rings. The summed E-state index contributed by atoms with van der Waals surface area (Å²) in [6, 6.07) is 4.44. The molecular weight excluding hydrogens is 286 g/mol. The predicted molar refractivity (Wildman–Crippen MR) is 85.9 cm³/mol. The molecule has 2 aromatic rings. The van der Waals surface area contributed by atoms with Crippen molar-refractivity contribution in [2.24, 2.45) is 0 Å². The van der Waals surface area contributed by atoms with Crippen LogP contribution in [0.25, 0.3) is 11.2 Å². The molecule has 3 heterocycles. The van der Waals surface area contributed by atoms with Crippen LogP contribution in [0.4, 0.5) is 0 Å². The summed E-state index contributed by atoms with van der Waals surface area (Å²) in [6.45, 7) is 4.22. The SMILES string of the molecule is CN1CCN(C)C(Cn2c(CCCl)nc3cccnc32)C1. The molecular formula is C15H22ClN5. The lowest BCUT2D eigenvalue weighted by Crippen LogP contribution is -2.51. The number of alkyl halides is 1. The van der Waals surface area contributed by atoms with Gasteiger partial charge < -0.3 is 9.47 Å². The summed E-state index contributed by atoms with van der Waals surface area (Å²) in [6.07, 6.45) is 2.62. The van der Waals surface area contributed by atoms with Crippen LogP contribution in [0.15, 0.2) is 18.3 Å². The highest BCUT2D eigenvalue weighted by molar-refractivity contribution is 6.17. The van der Waals surface area contributed by atoms with Crippen molar-refractivity contribution in [3.8, 4) is 0 Å². The molecule has 5 nitrogen and oxygen atoms in total. The highest BCUT2D eigenvalue weighted by Gasteiger charge is 2.24. The van der Waals surface area contributed by atoms with Crippen LogP contribution in [0.5, 0.6) is 0 Å². The van der Waals surface area contributed by atoms with Gasteiger partial charge in [-0.1, -0.05) is 0 Å². The second kappa shape index (κ2) is 6.30. The largest absolute Gasteiger partial charge is 0.311 e. The minimum Gasteiger partial charge on any atom is -0.311 e.